The molecule has 10 heteroatoms. The Morgan fingerprint density at radius 1 is 1.12 bits per heavy atom. The maximum atomic E-state index is 12.3. The predicted molar refractivity (Wildman–Crippen MR) is 129 cm³/mol. The Morgan fingerprint density at radius 2 is 1.88 bits per heavy atom. The topological polar surface area (TPSA) is 122 Å². The van der Waals surface area contributed by atoms with Crippen LogP contribution in [0.25, 0.3) is 22.3 Å². The summed E-state index contributed by atoms with van der Waals surface area (Å²) in [5.74, 6) is 0.607. The first-order valence-corrected chi connectivity index (χ1v) is 13.2. The van der Waals surface area contributed by atoms with Crippen LogP contribution in [0, 0.1) is 0 Å². The Labute approximate surface area is 194 Å². The highest BCUT2D eigenvalue weighted by molar-refractivity contribution is 7.89. The highest BCUT2D eigenvalue weighted by Gasteiger charge is 2.23. The van der Waals surface area contributed by atoms with Gasteiger partial charge in [0.25, 0.3) is 0 Å². The van der Waals surface area contributed by atoms with E-state index in [0.717, 1.165) is 54.5 Å². The standard InChI is InChI=1S/C23H32N6O3S/c1-2-3-13-24-23-25-16-20-21(28-29(22(20)27-23)18-7-5-4-6-8-18)17-9-11-19(12-10-17)33(31,32)26-14-15-30/h9-12,16,18,26,30H,2-8,13-15H2,1H3,(H,24,25,27). The van der Waals surface area contributed by atoms with Crippen LogP contribution in [-0.2, 0) is 10.0 Å². The molecule has 33 heavy (non-hydrogen) atoms. The average Bonchev–Trinajstić information content (AvgIpc) is 3.22. The van der Waals surface area contributed by atoms with Crippen LogP contribution < -0.4 is 10.0 Å². The third-order valence-electron chi connectivity index (χ3n) is 6.02. The molecule has 2 heterocycles. The van der Waals surface area contributed by atoms with Crippen molar-refractivity contribution in [3.8, 4) is 11.3 Å². The van der Waals surface area contributed by atoms with Crippen LogP contribution in [0.2, 0.25) is 0 Å². The molecule has 0 radical (unpaired) electrons. The molecule has 2 aromatic heterocycles. The molecule has 9 nitrogen and oxygen atoms in total. The van der Waals surface area contributed by atoms with Gasteiger partial charge in [-0.15, -0.1) is 0 Å². The third kappa shape index (κ3) is 5.34. The number of anilines is 1. The predicted octanol–water partition coefficient (Wildman–Crippen LogP) is 3.48. The number of nitrogens with zero attached hydrogens (tertiary/aromatic N) is 4. The fourth-order valence-electron chi connectivity index (χ4n) is 4.23. The van der Waals surface area contributed by atoms with Crippen molar-refractivity contribution >= 4 is 27.0 Å². The normalized spacial score (nSPS) is 15.2. The van der Waals surface area contributed by atoms with Gasteiger partial charge < -0.3 is 10.4 Å². The van der Waals surface area contributed by atoms with E-state index in [9.17, 15) is 8.42 Å². The lowest BCUT2D eigenvalue weighted by atomic mass is 9.96. The van der Waals surface area contributed by atoms with Crippen LogP contribution >= 0.6 is 0 Å². The molecule has 1 saturated carbocycles. The Kier molecular flexibility index (Phi) is 7.56. The summed E-state index contributed by atoms with van der Waals surface area (Å²) in [6.07, 6.45) is 9.73. The first-order valence-electron chi connectivity index (χ1n) is 11.7. The van der Waals surface area contributed by atoms with Gasteiger partial charge in [0.1, 0.15) is 5.69 Å². The number of aromatic nitrogens is 4. The lowest BCUT2D eigenvalue weighted by molar-refractivity contribution is 0.301. The van der Waals surface area contributed by atoms with Crippen LogP contribution in [0.5, 0.6) is 0 Å². The molecule has 1 fully saturated rings. The number of unbranched alkanes of at least 4 members (excludes halogenated alkanes) is 1. The Balaban J connectivity index is 1.71. The molecule has 4 rings (SSSR count). The van der Waals surface area contributed by atoms with Crippen LogP contribution in [0.15, 0.2) is 35.4 Å². The van der Waals surface area contributed by atoms with Crippen LogP contribution in [0.3, 0.4) is 0 Å². The van der Waals surface area contributed by atoms with Gasteiger partial charge in [0, 0.05) is 24.8 Å². The van der Waals surface area contributed by atoms with Gasteiger partial charge in [-0.3, -0.25) is 0 Å². The summed E-state index contributed by atoms with van der Waals surface area (Å²) in [5, 5.41) is 18.0. The number of rotatable bonds is 10. The van der Waals surface area contributed by atoms with Gasteiger partial charge >= 0.3 is 0 Å². The third-order valence-corrected chi connectivity index (χ3v) is 7.50. The summed E-state index contributed by atoms with van der Waals surface area (Å²) in [6.45, 7) is 2.70. The molecule has 0 spiro atoms. The second kappa shape index (κ2) is 10.6. The van der Waals surface area contributed by atoms with E-state index in [4.69, 9.17) is 15.2 Å². The van der Waals surface area contributed by atoms with Crippen molar-refractivity contribution < 1.29 is 13.5 Å². The first kappa shape index (κ1) is 23.6. The van der Waals surface area contributed by atoms with Crippen molar-refractivity contribution in [2.24, 2.45) is 0 Å². The van der Waals surface area contributed by atoms with Crippen molar-refractivity contribution in [1.29, 1.82) is 0 Å². The molecule has 3 aromatic rings. The van der Waals surface area contributed by atoms with E-state index in [1.807, 2.05) is 10.9 Å². The smallest absolute Gasteiger partial charge is 0.240 e. The molecule has 0 saturated heterocycles. The molecule has 1 aliphatic rings. The molecule has 1 aliphatic carbocycles. The number of fused-ring (bicyclic) bond motifs is 1. The summed E-state index contributed by atoms with van der Waals surface area (Å²) < 4.78 is 29.1. The maximum absolute atomic E-state index is 12.3. The van der Waals surface area contributed by atoms with E-state index < -0.39 is 10.0 Å². The molecule has 1 aromatic carbocycles. The van der Waals surface area contributed by atoms with Crippen molar-refractivity contribution in [2.45, 2.75) is 62.8 Å². The lowest BCUT2D eigenvalue weighted by Gasteiger charge is -2.22. The fourth-order valence-corrected chi connectivity index (χ4v) is 5.26. The van der Waals surface area contributed by atoms with Gasteiger partial charge in [0.2, 0.25) is 16.0 Å². The SMILES string of the molecule is CCCCNc1ncc2c(-c3ccc(S(=O)(=O)NCCO)cc3)nn(C3CCCCC3)c2n1. The van der Waals surface area contributed by atoms with Crippen LogP contribution in [0.1, 0.15) is 57.9 Å². The van der Waals surface area contributed by atoms with Gasteiger partial charge in [0.05, 0.1) is 22.9 Å². The van der Waals surface area contributed by atoms with E-state index in [1.165, 1.54) is 19.3 Å². The maximum Gasteiger partial charge on any atom is 0.240 e. The number of aliphatic hydroxyl groups is 1. The number of nitrogens with one attached hydrogen (secondary N) is 2. The van der Waals surface area contributed by atoms with Crippen LogP contribution in [-0.4, -0.2) is 53.0 Å². The monoisotopic (exact) mass is 472 g/mol. The number of aliphatic hydroxyl groups excluding tert-OH is 1. The molecule has 0 aliphatic heterocycles. The number of hydrogen-bond donors (Lipinski definition) is 3. The fraction of sp³-hybridized carbons (Fsp3) is 0.522. The largest absolute Gasteiger partial charge is 0.395 e. The summed E-state index contributed by atoms with van der Waals surface area (Å²) >= 11 is 0. The van der Waals surface area contributed by atoms with E-state index in [-0.39, 0.29) is 18.0 Å². The quantitative estimate of drug-likeness (QED) is 0.386. The summed E-state index contributed by atoms with van der Waals surface area (Å²) in [7, 11) is -3.66. The first-order chi connectivity index (χ1) is 16.0. The van der Waals surface area contributed by atoms with E-state index >= 15 is 0 Å². The molecule has 0 bridgehead atoms. The highest BCUT2D eigenvalue weighted by Crippen LogP contribution is 2.34. The zero-order chi connectivity index (χ0) is 23.3. The van der Waals surface area contributed by atoms with Gasteiger partial charge in [-0.25, -0.2) is 22.8 Å². The minimum atomic E-state index is -3.66. The second-order valence-corrected chi connectivity index (χ2v) is 10.2. The number of sulfonamides is 1. The molecule has 0 amide bonds. The molecular weight excluding hydrogens is 440 g/mol. The minimum absolute atomic E-state index is 0.0213. The lowest BCUT2D eigenvalue weighted by Crippen LogP contribution is -2.26. The van der Waals surface area contributed by atoms with Gasteiger partial charge in [-0.2, -0.15) is 10.1 Å². The summed E-state index contributed by atoms with van der Waals surface area (Å²) in [5.41, 5.74) is 2.38. The Bertz CT molecular complexity index is 1170. The van der Waals surface area contributed by atoms with Crippen molar-refractivity contribution in [3.05, 3.63) is 30.5 Å². The Morgan fingerprint density at radius 3 is 2.58 bits per heavy atom. The summed E-state index contributed by atoms with van der Waals surface area (Å²) in [4.78, 5) is 9.46. The average molecular weight is 473 g/mol. The zero-order valence-electron chi connectivity index (χ0n) is 19.0. The minimum Gasteiger partial charge on any atom is -0.395 e. The van der Waals surface area contributed by atoms with E-state index in [0.29, 0.717) is 12.0 Å². The van der Waals surface area contributed by atoms with Crippen molar-refractivity contribution in [1.82, 2.24) is 24.5 Å². The van der Waals surface area contributed by atoms with Gasteiger partial charge in [-0.1, -0.05) is 44.7 Å². The van der Waals surface area contributed by atoms with Crippen molar-refractivity contribution in [2.75, 3.05) is 25.0 Å². The molecule has 3 N–H and O–H groups in total. The van der Waals surface area contributed by atoms with Crippen LogP contribution in [0.4, 0.5) is 5.95 Å². The molecule has 0 unspecified atom stereocenters. The van der Waals surface area contributed by atoms with E-state index in [2.05, 4.69) is 21.9 Å². The van der Waals surface area contributed by atoms with Gasteiger partial charge in [-0.05, 0) is 31.4 Å². The zero-order valence-corrected chi connectivity index (χ0v) is 19.8. The molecule has 0 atom stereocenters. The second-order valence-electron chi connectivity index (χ2n) is 8.44. The molecular formula is C23H32N6O3S. The van der Waals surface area contributed by atoms with Gasteiger partial charge in [0.15, 0.2) is 5.65 Å². The number of hydrogen-bond acceptors (Lipinski definition) is 7. The Hall–Kier alpha value is -2.56. The van der Waals surface area contributed by atoms with E-state index in [1.54, 1.807) is 24.3 Å². The molecule has 178 valence electrons. The van der Waals surface area contributed by atoms with Crippen molar-refractivity contribution in [3.63, 3.8) is 0 Å². The highest BCUT2D eigenvalue weighted by atomic mass is 32.2. The number of benzene rings is 1. The summed E-state index contributed by atoms with van der Waals surface area (Å²) in [6, 6.07) is 6.93.